The number of ketones is 2. The maximum Gasteiger partial charge on any atom is 0.338 e. The number of hydrogen-bond acceptors (Lipinski definition) is 9. The Morgan fingerprint density at radius 2 is 1.74 bits per heavy atom. The van der Waals surface area contributed by atoms with Crippen LogP contribution in [0, 0.1) is 28.6 Å². The number of rotatable bonds is 5. The van der Waals surface area contributed by atoms with E-state index < -0.39 is 75.7 Å². The van der Waals surface area contributed by atoms with Crippen molar-refractivity contribution in [3.05, 3.63) is 35.9 Å². The van der Waals surface area contributed by atoms with Gasteiger partial charge in [0.25, 0.3) is 0 Å². The molecule has 8 unspecified atom stereocenters. The molecule has 1 heterocycles. The molecule has 39 heavy (non-hydrogen) atoms. The van der Waals surface area contributed by atoms with E-state index in [0.717, 1.165) is 0 Å². The third kappa shape index (κ3) is 4.07. The van der Waals surface area contributed by atoms with Gasteiger partial charge >= 0.3 is 11.9 Å². The summed E-state index contributed by atoms with van der Waals surface area (Å²) < 4.78 is 17.8. The van der Waals surface area contributed by atoms with Gasteiger partial charge in [-0.3, -0.25) is 14.4 Å². The summed E-state index contributed by atoms with van der Waals surface area (Å²) >= 11 is 0. The smallest absolute Gasteiger partial charge is 0.338 e. The van der Waals surface area contributed by atoms with E-state index in [0.29, 0.717) is 0 Å². The lowest BCUT2D eigenvalue weighted by Gasteiger charge is -2.66. The Kier molecular flexibility index (Phi) is 7.37. The third-order valence-corrected chi connectivity index (χ3v) is 9.80. The fourth-order valence-electron chi connectivity index (χ4n) is 7.74. The van der Waals surface area contributed by atoms with Crippen LogP contribution in [0.3, 0.4) is 0 Å². The van der Waals surface area contributed by atoms with Crippen LogP contribution in [-0.2, 0) is 28.6 Å². The predicted octanol–water partition coefficient (Wildman–Crippen LogP) is 2.89. The molecule has 214 valence electrons. The van der Waals surface area contributed by atoms with Crippen LogP contribution in [0.2, 0.25) is 0 Å². The average Bonchev–Trinajstić information content (AvgIpc) is 2.87. The molecule has 0 amide bonds. The maximum atomic E-state index is 14.3. The van der Waals surface area contributed by atoms with Gasteiger partial charge in [0.2, 0.25) is 11.6 Å². The number of Topliss-reactive ketones (excluding diaryl/α,β-unsaturated/α-hetero) is 2. The van der Waals surface area contributed by atoms with E-state index in [1.54, 1.807) is 65.0 Å². The molecule has 3 fully saturated rings. The molecule has 0 aromatic heterocycles. The first-order chi connectivity index (χ1) is 18.1. The predicted molar refractivity (Wildman–Crippen MR) is 139 cm³/mol. The minimum absolute atomic E-state index is 0.0434. The van der Waals surface area contributed by atoms with Crippen molar-refractivity contribution in [1.29, 1.82) is 0 Å². The highest BCUT2D eigenvalue weighted by atomic mass is 16.6. The monoisotopic (exact) mass is 544 g/mol. The summed E-state index contributed by atoms with van der Waals surface area (Å²) in [5.41, 5.74) is -6.28. The van der Waals surface area contributed by atoms with Crippen LogP contribution in [0.4, 0.5) is 0 Å². The lowest BCUT2D eigenvalue weighted by molar-refractivity contribution is -0.345. The SMILES string of the molecule is CCC1(O)C(OC(=O)c2ccccc2)C2C3(OC(C)=O)COC3CC(O)C2(C)C(=O)C(=O)C(C(C)C)C1(C)C. The fourth-order valence-corrected chi connectivity index (χ4v) is 7.74. The molecule has 1 aliphatic heterocycles. The van der Waals surface area contributed by atoms with E-state index in [2.05, 4.69) is 0 Å². The molecule has 4 rings (SSSR count). The first-order valence-corrected chi connectivity index (χ1v) is 13.7. The second kappa shape index (κ2) is 9.78. The molecule has 3 aliphatic rings. The lowest BCUT2D eigenvalue weighted by Crippen LogP contribution is -2.81. The molecule has 8 atom stereocenters. The number of esters is 2. The second-order valence-corrected chi connectivity index (χ2v) is 12.5. The summed E-state index contributed by atoms with van der Waals surface area (Å²) in [5.74, 6) is -5.53. The number of carbonyl (C=O) groups excluding carboxylic acids is 4. The summed E-state index contributed by atoms with van der Waals surface area (Å²) in [4.78, 5) is 54.3. The van der Waals surface area contributed by atoms with E-state index >= 15 is 0 Å². The number of ether oxygens (including phenoxy) is 3. The first-order valence-electron chi connectivity index (χ1n) is 13.7. The van der Waals surface area contributed by atoms with Crippen LogP contribution in [0.25, 0.3) is 0 Å². The normalized spacial score (nSPS) is 39.5. The summed E-state index contributed by atoms with van der Waals surface area (Å²) in [7, 11) is 0. The quantitative estimate of drug-likeness (QED) is 0.423. The largest absolute Gasteiger partial charge is 0.455 e. The molecule has 0 bridgehead atoms. The molecule has 9 heteroatoms. The third-order valence-electron chi connectivity index (χ3n) is 9.80. The van der Waals surface area contributed by atoms with Gasteiger partial charge in [-0.25, -0.2) is 4.79 Å². The molecule has 2 aliphatic carbocycles. The van der Waals surface area contributed by atoms with Crippen LogP contribution in [0.15, 0.2) is 30.3 Å². The molecule has 9 nitrogen and oxygen atoms in total. The van der Waals surface area contributed by atoms with Crippen molar-refractivity contribution in [2.75, 3.05) is 6.61 Å². The Balaban J connectivity index is 2.04. The molecule has 0 spiro atoms. The molecule has 2 saturated carbocycles. The van der Waals surface area contributed by atoms with Gasteiger partial charge in [-0.05, 0) is 31.4 Å². The Morgan fingerprint density at radius 1 is 1.13 bits per heavy atom. The number of aliphatic hydroxyl groups is 2. The first kappa shape index (κ1) is 29.4. The van der Waals surface area contributed by atoms with Crippen molar-refractivity contribution in [2.45, 2.75) is 90.8 Å². The van der Waals surface area contributed by atoms with Gasteiger partial charge in [-0.2, -0.15) is 0 Å². The van der Waals surface area contributed by atoms with Crippen LogP contribution >= 0.6 is 0 Å². The molecule has 1 saturated heterocycles. The summed E-state index contributed by atoms with van der Waals surface area (Å²) in [6.45, 7) is 11.3. The van der Waals surface area contributed by atoms with Crippen molar-refractivity contribution in [2.24, 2.45) is 28.6 Å². The summed E-state index contributed by atoms with van der Waals surface area (Å²) in [6, 6.07) is 8.23. The van der Waals surface area contributed by atoms with Gasteiger partial charge in [-0.15, -0.1) is 0 Å². The van der Waals surface area contributed by atoms with E-state index in [4.69, 9.17) is 14.2 Å². The summed E-state index contributed by atoms with van der Waals surface area (Å²) in [5, 5.41) is 24.2. The van der Waals surface area contributed by atoms with Gasteiger partial charge in [0.05, 0.1) is 29.6 Å². The van der Waals surface area contributed by atoms with Crippen molar-refractivity contribution >= 4 is 23.5 Å². The van der Waals surface area contributed by atoms with E-state index in [-0.39, 0.29) is 30.9 Å². The van der Waals surface area contributed by atoms with Crippen LogP contribution in [0.5, 0.6) is 0 Å². The number of aliphatic hydroxyl groups excluding tert-OH is 1. The lowest BCUT2D eigenvalue weighted by atomic mass is 9.45. The van der Waals surface area contributed by atoms with Crippen LogP contribution in [0.1, 0.15) is 71.7 Å². The summed E-state index contributed by atoms with van der Waals surface area (Å²) in [6.07, 6.45) is -3.68. The van der Waals surface area contributed by atoms with Crippen LogP contribution < -0.4 is 0 Å². The second-order valence-electron chi connectivity index (χ2n) is 12.5. The van der Waals surface area contributed by atoms with E-state index in [9.17, 15) is 29.4 Å². The highest BCUT2D eigenvalue weighted by molar-refractivity contribution is 6.40. The molecule has 1 aromatic rings. The highest BCUT2D eigenvalue weighted by Crippen LogP contribution is 2.62. The molecule has 1 aromatic carbocycles. The van der Waals surface area contributed by atoms with E-state index in [1.165, 1.54) is 13.8 Å². The van der Waals surface area contributed by atoms with Gasteiger partial charge < -0.3 is 24.4 Å². The maximum absolute atomic E-state index is 14.3. The molecule has 2 N–H and O–H groups in total. The Hall–Kier alpha value is -2.62. The zero-order valence-corrected chi connectivity index (χ0v) is 23.7. The Labute approximate surface area is 229 Å². The number of hydrogen-bond donors (Lipinski definition) is 2. The number of benzene rings is 1. The number of fused-ring (bicyclic) bond motifs is 3. The van der Waals surface area contributed by atoms with Crippen molar-refractivity contribution in [3.8, 4) is 0 Å². The Bertz CT molecular complexity index is 1160. The highest BCUT2D eigenvalue weighted by Gasteiger charge is 2.77. The molecular weight excluding hydrogens is 504 g/mol. The average molecular weight is 545 g/mol. The van der Waals surface area contributed by atoms with Crippen molar-refractivity contribution < 1.29 is 43.6 Å². The van der Waals surface area contributed by atoms with Gasteiger partial charge in [-0.1, -0.05) is 52.8 Å². The Morgan fingerprint density at radius 3 is 2.23 bits per heavy atom. The molecule has 0 radical (unpaired) electrons. The fraction of sp³-hybridized carbons (Fsp3) is 0.667. The minimum Gasteiger partial charge on any atom is -0.455 e. The van der Waals surface area contributed by atoms with Gasteiger partial charge in [0.1, 0.15) is 17.8 Å². The topological polar surface area (TPSA) is 136 Å². The minimum atomic E-state index is -1.88. The van der Waals surface area contributed by atoms with Crippen molar-refractivity contribution in [1.82, 2.24) is 0 Å². The standard InChI is InChI=1S/C30H40O9/c1-8-30(36)25(38-26(35)18-12-10-9-11-13-18)23-28(7,24(34)22(33)21(16(2)3)27(30,5)6)19(32)14-20-29(23,15-37-20)39-17(4)31/h9-13,16,19-21,23,25,32,36H,8,14-15H2,1-7H3. The van der Waals surface area contributed by atoms with Gasteiger partial charge in [0.15, 0.2) is 5.60 Å². The zero-order chi connectivity index (χ0) is 29.1. The van der Waals surface area contributed by atoms with Crippen molar-refractivity contribution in [3.63, 3.8) is 0 Å². The number of carbonyl (C=O) groups is 4. The van der Waals surface area contributed by atoms with E-state index in [1.807, 2.05) is 0 Å². The van der Waals surface area contributed by atoms with Gasteiger partial charge in [0, 0.05) is 24.7 Å². The van der Waals surface area contributed by atoms with Crippen LogP contribution in [-0.4, -0.2) is 69.8 Å². The zero-order valence-electron chi connectivity index (χ0n) is 23.7. The molecular formula is C30H40O9.